The average molecular weight is 152 g/mol. The third-order valence-electron chi connectivity index (χ3n) is 1.16. The summed E-state index contributed by atoms with van der Waals surface area (Å²) in [5, 5.41) is 0. The fraction of sp³-hybridized carbons (Fsp3) is 1.00. The summed E-state index contributed by atoms with van der Waals surface area (Å²) in [5.74, 6) is 8.85. The molecular formula is C4H12N2O2S. The number of hydrogen-bond acceptors (Lipinski definition) is 4. The maximum absolute atomic E-state index is 10.4. The van der Waals surface area contributed by atoms with E-state index in [-0.39, 0.29) is 0 Å². The van der Waals surface area contributed by atoms with Gasteiger partial charge in [-0.2, -0.15) is 0 Å². The van der Waals surface area contributed by atoms with E-state index >= 15 is 0 Å². The Hall–Kier alpha value is -0.130. The lowest BCUT2D eigenvalue weighted by molar-refractivity contribution is 0.602. The molecule has 0 saturated carbocycles. The highest BCUT2D eigenvalue weighted by atomic mass is 32.2. The Bertz CT molecular complexity index is 140. The van der Waals surface area contributed by atoms with Crippen molar-refractivity contribution in [2.45, 2.75) is 12.8 Å². The van der Waals surface area contributed by atoms with Crippen LogP contribution in [-0.4, -0.2) is 19.9 Å². The third-order valence-corrected chi connectivity index (χ3v) is 2.98. The quantitative estimate of drug-likeness (QED) is 0.345. The highest BCUT2D eigenvalue weighted by Gasteiger charge is 2.16. The molecule has 1 aliphatic rings. The van der Waals surface area contributed by atoms with Crippen molar-refractivity contribution in [3.8, 4) is 0 Å². The maximum Gasteiger partial charge on any atom is 0.150 e. The summed E-state index contributed by atoms with van der Waals surface area (Å²) in [7, 11) is -2.55. The van der Waals surface area contributed by atoms with Crippen LogP contribution in [0, 0.1) is 0 Å². The zero-order valence-electron chi connectivity index (χ0n) is 5.21. The molecule has 56 valence electrons. The van der Waals surface area contributed by atoms with E-state index in [9.17, 15) is 8.42 Å². The molecule has 4 N–H and O–H groups in total. The fourth-order valence-corrected chi connectivity index (χ4v) is 2.24. The van der Waals surface area contributed by atoms with E-state index in [0.29, 0.717) is 11.5 Å². The minimum absolute atomic E-state index is 0.424. The summed E-state index contributed by atoms with van der Waals surface area (Å²) >= 11 is 0. The summed E-state index contributed by atoms with van der Waals surface area (Å²) in [6, 6.07) is 0. The van der Waals surface area contributed by atoms with Crippen molar-refractivity contribution in [2.24, 2.45) is 11.7 Å². The van der Waals surface area contributed by atoms with Crippen molar-refractivity contribution in [2.75, 3.05) is 11.5 Å². The SMILES string of the molecule is NN.O=S1(=O)CCCC1. The van der Waals surface area contributed by atoms with Crippen LogP contribution >= 0.6 is 0 Å². The Balaban J connectivity index is 0.000000291. The molecule has 1 aliphatic heterocycles. The Morgan fingerprint density at radius 3 is 1.44 bits per heavy atom. The molecule has 0 amide bonds. The highest BCUT2D eigenvalue weighted by Crippen LogP contribution is 2.08. The number of hydrazine groups is 1. The second-order valence-corrected chi connectivity index (χ2v) is 4.16. The van der Waals surface area contributed by atoms with Gasteiger partial charge in [-0.1, -0.05) is 0 Å². The molecule has 0 aromatic heterocycles. The minimum atomic E-state index is -2.55. The number of hydrogen-bond donors (Lipinski definition) is 2. The van der Waals surface area contributed by atoms with Crippen LogP contribution in [0.15, 0.2) is 0 Å². The maximum atomic E-state index is 10.4. The first-order valence-corrected chi connectivity index (χ1v) is 4.57. The summed E-state index contributed by atoms with van der Waals surface area (Å²) in [4.78, 5) is 0. The van der Waals surface area contributed by atoms with Gasteiger partial charge in [-0.05, 0) is 12.8 Å². The number of rotatable bonds is 0. The van der Waals surface area contributed by atoms with Gasteiger partial charge in [-0.25, -0.2) is 8.42 Å². The van der Waals surface area contributed by atoms with Crippen molar-refractivity contribution in [3.05, 3.63) is 0 Å². The summed E-state index contributed by atoms with van der Waals surface area (Å²) in [5.41, 5.74) is 0. The lowest BCUT2D eigenvalue weighted by Gasteiger charge is -1.81. The lowest BCUT2D eigenvalue weighted by atomic mass is 10.4. The normalized spacial score (nSPS) is 22.4. The van der Waals surface area contributed by atoms with E-state index in [2.05, 4.69) is 11.7 Å². The van der Waals surface area contributed by atoms with Crippen LogP contribution in [0.1, 0.15) is 12.8 Å². The van der Waals surface area contributed by atoms with Gasteiger partial charge in [0.25, 0.3) is 0 Å². The Labute approximate surface area is 55.1 Å². The standard InChI is InChI=1S/C4H8O2S.H4N2/c5-7(6)3-1-2-4-7;1-2/h1-4H2;1-2H2. The first kappa shape index (κ1) is 8.87. The Morgan fingerprint density at radius 1 is 1.00 bits per heavy atom. The van der Waals surface area contributed by atoms with Crippen LogP contribution in [0.3, 0.4) is 0 Å². The molecule has 0 aliphatic carbocycles. The van der Waals surface area contributed by atoms with Crippen molar-refractivity contribution >= 4 is 9.84 Å². The number of sulfone groups is 1. The molecular weight excluding hydrogens is 140 g/mol. The van der Waals surface area contributed by atoms with Crippen LogP contribution in [0.4, 0.5) is 0 Å². The van der Waals surface area contributed by atoms with Crippen molar-refractivity contribution in [3.63, 3.8) is 0 Å². The molecule has 0 spiro atoms. The van der Waals surface area contributed by atoms with E-state index < -0.39 is 9.84 Å². The van der Waals surface area contributed by atoms with Gasteiger partial charge in [-0.15, -0.1) is 0 Å². The molecule has 5 heteroatoms. The molecule has 4 nitrogen and oxygen atoms in total. The zero-order chi connectivity index (χ0) is 7.33. The predicted octanol–water partition coefficient (Wildman–Crippen LogP) is -0.986. The number of nitrogens with two attached hydrogens (primary N) is 2. The van der Waals surface area contributed by atoms with Crippen molar-refractivity contribution in [1.82, 2.24) is 0 Å². The Morgan fingerprint density at radius 2 is 1.33 bits per heavy atom. The molecule has 0 radical (unpaired) electrons. The molecule has 1 heterocycles. The molecule has 9 heavy (non-hydrogen) atoms. The smallest absolute Gasteiger partial charge is 0.150 e. The van der Waals surface area contributed by atoms with Gasteiger partial charge in [0.1, 0.15) is 9.84 Å². The minimum Gasteiger partial charge on any atom is -0.274 e. The highest BCUT2D eigenvalue weighted by molar-refractivity contribution is 7.91. The van der Waals surface area contributed by atoms with Crippen LogP contribution in [-0.2, 0) is 9.84 Å². The van der Waals surface area contributed by atoms with Gasteiger partial charge in [0.15, 0.2) is 0 Å². The summed E-state index contributed by atoms with van der Waals surface area (Å²) in [6.07, 6.45) is 1.75. The summed E-state index contributed by atoms with van der Waals surface area (Å²) < 4.78 is 20.9. The van der Waals surface area contributed by atoms with E-state index in [4.69, 9.17) is 0 Å². The van der Waals surface area contributed by atoms with Gasteiger partial charge < -0.3 is 0 Å². The zero-order valence-corrected chi connectivity index (χ0v) is 6.02. The Kier molecular flexibility index (Phi) is 3.76. The lowest BCUT2D eigenvalue weighted by Crippen LogP contribution is -2.02. The van der Waals surface area contributed by atoms with E-state index in [1.54, 1.807) is 0 Å². The van der Waals surface area contributed by atoms with Crippen LogP contribution in [0.25, 0.3) is 0 Å². The van der Waals surface area contributed by atoms with Gasteiger partial charge >= 0.3 is 0 Å². The largest absolute Gasteiger partial charge is 0.274 e. The first-order valence-electron chi connectivity index (χ1n) is 2.74. The molecule has 0 atom stereocenters. The topological polar surface area (TPSA) is 86.2 Å². The second-order valence-electron chi connectivity index (χ2n) is 1.86. The van der Waals surface area contributed by atoms with Gasteiger partial charge in [0.2, 0.25) is 0 Å². The van der Waals surface area contributed by atoms with Gasteiger partial charge in [-0.3, -0.25) is 11.7 Å². The van der Waals surface area contributed by atoms with E-state index in [1.165, 1.54) is 0 Å². The van der Waals surface area contributed by atoms with Crippen LogP contribution in [0.2, 0.25) is 0 Å². The fourth-order valence-electron chi connectivity index (χ4n) is 0.746. The third kappa shape index (κ3) is 3.45. The van der Waals surface area contributed by atoms with Crippen molar-refractivity contribution in [1.29, 1.82) is 0 Å². The molecule has 0 aromatic rings. The summed E-state index contributed by atoms with van der Waals surface area (Å²) in [6.45, 7) is 0. The molecule has 1 fully saturated rings. The molecule has 0 unspecified atom stereocenters. The predicted molar refractivity (Wildman–Crippen MR) is 36.3 cm³/mol. The molecule has 0 bridgehead atoms. The van der Waals surface area contributed by atoms with E-state index in [1.807, 2.05) is 0 Å². The average Bonchev–Trinajstić information content (AvgIpc) is 2.19. The van der Waals surface area contributed by atoms with E-state index in [0.717, 1.165) is 12.8 Å². The van der Waals surface area contributed by atoms with Crippen LogP contribution in [0.5, 0.6) is 0 Å². The van der Waals surface area contributed by atoms with Crippen LogP contribution < -0.4 is 11.7 Å². The van der Waals surface area contributed by atoms with Gasteiger partial charge in [0, 0.05) is 0 Å². The molecule has 0 aromatic carbocycles. The monoisotopic (exact) mass is 152 g/mol. The molecule has 1 saturated heterocycles. The van der Waals surface area contributed by atoms with Crippen molar-refractivity contribution < 1.29 is 8.42 Å². The van der Waals surface area contributed by atoms with Gasteiger partial charge in [0.05, 0.1) is 11.5 Å². The first-order chi connectivity index (χ1) is 4.21. The molecule has 1 rings (SSSR count). The second kappa shape index (κ2) is 3.81.